The number of hydrogen-bond donors (Lipinski definition) is 0. The van der Waals surface area contributed by atoms with Gasteiger partial charge in [-0.2, -0.15) is 0 Å². The van der Waals surface area contributed by atoms with Gasteiger partial charge >= 0.3 is 5.97 Å². The van der Waals surface area contributed by atoms with Crippen molar-refractivity contribution in [2.75, 3.05) is 19.5 Å². The predicted molar refractivity (Wildman–Crippen MR) is 98.1 cm³/mol. The zero-order chi connectivity index (χ0) is 17.5. The molecule has 0 saturated heterocycles. The van der Waals surface area contributed by atoms with E-state index in [1.807, 2.05) is 43.5 Å². The Morgan fingerprint density at radius 3 is 2.62 bits per heavy atom. The Labute approximate surface area is 146 Å². The van der Waals surface area contributed by atoms with E-state index in [1.165, 1.54) is 0 Å². The van der Waals surface area contributed by atoms with Crippen LogP contribution in [0.5, 0.6) is 11.5 Å². The van der Waals surface area contributed by atoms with Gasteiger partial charge in [0, 0.05) is 16.8 Å². The van der Waals surface area contributed by atoms with Crippen molar-refractivity contribution in [2.45, 2.75) is 24.8 Å². The number of thioether (sulfide) groups is 1. The third-order valence-corrected chi connectivity index (χ3v) is 4.13. The minimum atomic E-state index is -0.451. The number of carbonyl (C=O) groups is 1. The van der Waals surface area contributed by atoms with Crippen LogP contribution in [0, 0.1) is 0 Å². The molecule has 0 aliphatic heterocycles. The number of hydrogen-bond acceptors (Lipinski definition) is 5. The zero-order valence-corrected chi connectivity index (χ0v) is 15.0. The molecule has 2 aromatic carbocycles. The highest BCUT2D eigenvalue weighted by Crippen LogP contribution is 2.41. The van der Waals surface area contributed by atoms with E-state index in [1.54, 1.807) is 18.7 Å². The van der Waals surface area contributed by atoms with E-state index in [0.717, 1.165) is 33.2 Å². The molecule has 0 spiro atoms. The summed E-state index contributed by atoms with van der Waals surface area (Å²) in [6, 6.07) is 9.95. The van der Waals surface area contributed by atoms with Gasteiger partial charge in [-0.05, 0) is 26.2 Å². The Balaban J connectivity index is 2.33. The first-order chi connectivity index (χ1) is 11.6. The normalized spacial score (nSPS) is 11.8. The third-order valence-electron chi connectivity index (χ3n) is 3.39. The molecule has 0 radical (unpaired) electrons. The summed E-state index contributed by atoms with van der Waals surface area (Å²) in [6.45, 7) is 8.02. The molecule has 0 N–H and O–H groups in total. The number of esters is 1. The van der Waals surface area contributed by atoms with Crippen molar-refractivity contribution in [1.82, 2.24) is 0 Å². The second kappa shape index (κ2) is 8.64. The second-order valence-corrected chi connectivity index (χ2v) is 6.00. The average Bonchev–Trinajstić information content (AvgIpc) is 2.60. The topological polar surface area (TPSA) is 44.8 Å². The Kier molecular flexibility index (Phi) is 6.55. The van der Waals surface area contributed by atoms with Crippen molar-refractivity contribution >= 4 is 28.5 Å². The smallest absolute Gasteiger partial charge is 0.330 e. The van der Waals surface area contributed by atoms with Gasteiger partial charge < -0.3 is 14.2 Å². The van der Waals surface area contributed by atoms with Gasteiger partial charge in [0.2, 0.25) is 0 Å². The second-order valence-electron chi connectivity index (χ2n) is 5.15. The standard InChI is InChI=1S/C19H22O4S/c1-5-18(20)23-13(3)12-22-19-15-10-8-7-9-14(15)16(21-6-2)11-17(19)24-4/h5,7-11,13H,1,6,12H2,2-4H3. The van der Waals surface area contributed by atoms with Crippen LogP contribution in [0.1, 0.15) is 13.8 Å². The van der Waals surface area contributed by atoms with Gasteiger partial charge in [-0.25, -0.2) is 4.79 Å². The first-order valence-corrected chi connectivity index (χ1v) is 9.01. The van der Waals surface area contributed by atoms with Crippen LogP contribution in [-0.2, 0) is 9.53 Å². The Bertz CT molecular complexity index is 727. The molecule has 0 aromatic heterocycles. The third kappa shape index (κ3) is 4.23. The summed E-state index contributed by atoms with van der Waals surface area (Å²) >= 11 is 1.59. The fourth-order valence-electron chi connectivity index (χ4n) is 2.35. The van der Waals surface area contributed by atoms with Gasteiger partial charge in [0.15, 0.2) is 0 Å². The molecule has 0 bridgehead atoms. The van der Waals surface area contributed by atoms with Gasteiger partial charge in [0.25, 0.3) is 0 Å². The van der Waals surface area contributed by atoms with Crippen LogP contribution >= 0.6 is 11.8 Å². The lowest BCUT2D eigenvalue weighted by Crippen LogP contribution is -2.21. The molecule has 0 saturated carbocycles. The van der Waals surface area contributed by atoms with E-state index < -0.39 is 5.97 Å². The highest BCUT2D eigenvalue weighted by atomic mass is 32.2. The number of rotatable bonds is 8. The summed E-state index contributed by atoms with van der Waals surface area (Å²) in [5, 5.41) is 1.98. The number of carbonyl (C=O) groups excluding carboxylic acids is 1. The maximum absolute atomic E-state index is 11.3. The Morgan fingerprint density at radius 2 is 2.00 bits per heavy atom. The zero-order valence-electron chi connectivity index (χ0n) is 14.2. The summed E-state index contributed by atoms with van der Waals surface area (Å²) in [5.41, 5.74) is 0. The van der Waals surface area contributed by atoms with Crippen molar-refractivity contribution in [2.24, 2.45) is 0 Å². The molecule has 24 heavy (non-hydrogen) atoms. The highest BCUT2D eigenvalue weighted by molar-refractivity contribution is 7.98. The van der Waals surface area contributed by atoms with E-state index in [2.05, 4.69) is 6.58 Å². The van der Waals surface area contributed by atoms with Gasteiger partial charge in [-0.15, -0.1) is 11.8 Å². The molecule has 4 nitrogen and oxygen atoms in total. The van der Waals surface area contributed by atoms with Gasteiger partial charge in [0.05, 0.1) is 11.5 Å². The highest BCUT2D eigenvalue weighted by Gasteiger charge is 2.15. The maximum Gasteiger partial charge on any atom is 0.330 e. The van der Waals surface area contributed by atoms with Crippen LogP contribution in [0.3, 0.4) is 0 Å². The average molecular weight is 346 g/mol. The van der Waals surface area contributed by atoms with E-state index in [0.29, 0.717) is 6.61 Å². The lowest BCUT2D eigenvalue weighted by molar-refractivity contribution is -0.143. The Morgan fingerprint density at radius 1 is 1.29 bits per heavy atom. The molecule has 2 aromatic rings. The fraction of sp³-hybridized carbons (Fsp3) is 0.316. The molecule has 1 unspecified atom stereocenters. The lowest BCUT2D eigenvalue weighted by Gasteiger charge is -2.18. The minimum Gasteiger partial charge on any atom is -0.493 e. The summed E-state index contributed by atoms with van der Waals surface area (Å²) in [5.74, 6) is 1.17. The quantitative estimate of drug-likeness (QED) is 0.401. The van der Waals surface area contributed by atoms with Crippen molar-refractivity contribution in [3.05, 3.63) is 43.0 Å². The molecular formula is C19H22O4S. The summed E-state index contributed by atoms with van der Waals surface area (Å²) in [4.78, 5) is 12.3. The first-order valence-electron chi connectivity index (χ1n) is 7.79. The summed E-state index contributed by atoms with van der Waals surface area (Å²) in [6.07, 6.45) is 2.78. The van der Waals surface area contributed by atoms with Crippen LogP contribution in [0.15, 0.2) is 47.9 Å². The predicted octanol–water partition coefficient (Wildman–Crippen LogP) is 4.46. The molecule has 128 valence electrons. The van der Waals surface area contributed by atoms with Crippen LogP contribution in [0.25, 0.3) is 10.8 Å². The molecule has 0 aliphatic carbocycles. The number of ether oxygens (including phenoxy) is 3. The monoisotopic (exact) mass is 346 g/mol. The summed E-state index contributed by atoms with van der Waals surface area (Å²) in [7, 11) is 0. The van der Waals surface area contributed by atoms with Crippen molar-refractivity contribution in [3.8, 4) is 11.5 Å². The molecule has 1 atom stereocenters. The van der Waals surface area contributed by atoms with Gasteiger partial charge in [0.1, 0.15) is 24.2 Å². The van der Waals surface area contributed by atoms with Gasteiger partial charge in [-0.1, -0.05) is 30.8 Å². The molecule has 0 heterocycles. The lowest BCUT2D eigenvalue weighted by atomic mass is 10.1. The van der Waals surface area contributed by atoms with Crippen molar-refractivity contribution < 1.29 is 19.0 Å². The largest absolute Gasteiger partial charge is 0.493 e. The van der Waals surface area contributed by atoms with Crippen molar-refractivity contribution in [3.63, 3.8) is 0 Å². The molecular weight excluding hydrogens is 324 g/mol. The fourth-order valence-corrected chi connectivity index (χ4v) is 2.93. The minimum absolute atomic E-state index is 0.269. The van der Waals surface area contributed by atoms with E-state index >= 15 is 0 Å². The molecule has 5 heteroatoms. The van der Waals surface area contributed by atoms with Crippen LogP contribution < -0.4 is 9.47 Å². The van der Waals surface area contributed by atoms with Gasteiger partial charge in [-0.3, -0.25) is 0 Å². The van der Waals surface area contributed by atoms with E-state index in [4.69, 9.17) is 14.2 Å². The molecule has 0 fully saturated rings. The maximum atomic E-state index is 11.3. The first kappa shape index (κ1) is 18.2. The van der Waals surface area contributed by atoms with E-state index in [9.17, 15) is 4.79 Å². The van der Waals surface area contributed by atoms with Crippen molar-refractivity contribution in [1.29, 1.82) is 0 Å². The molecule has 2 rings (SSSR count). The molecule has 0 amide bonds. The van der Waals surface area contributed by atoms with Crippen LogP contribution in [0.4, 0.5) is 0 Å². The van der Waals surface area contributed by atoms with E-state index in [-0.39, 0.29) is 12.7 Å². The summed E-state index contributed by atoms with van der Waals surface area (Å²) < 4.78 is 16.9. The SMILES string of the molecule is C=CC(=O)OC(C)COc1c(SC)cc(OCC)c2ccccc12. The Hall–Kier alpha value is -2.14. The number of benzene rings is 2. The number of fused-ring (bicyclic) bond motifs is 1. The van der Waals surface area contributed by atoms with Crippen LogP contribution in [0.2, 0.25) is 0 Å². The van der Waals surface area contributed by atoms with Crippen LogP contribution in [-0.4, -0.2) is 31.5 Å². The molecule has 0 aliphatic rings.